The molecule has 1 heteroatoms. The van der Waals surface area contributed by atoms with E-state index in [-0.39, 0.29) is 5.41 Å². The minimum atomic E-state index is -0.510. The highest BCUT2D eigenvalue weighted by atomic mass is 15.1. The van der Waals surface area contributed by atoms with Crippen LogP contribution in [0.1, 0.15) is 77.3 Å². The lowest BCUT2D eigenvalue weighted by Crippen LogP contribution is -2.28. The molecule has 0 aromatic heterocycles. The first-order chi connectivity index (χ1) is 31.1. The van der Waals surface area contributed by atoms with Crippen molar-refractivity contribution in [3.05, 3.63) is 250 Å². The van der Waals surface area contributed by atoms with Crippen molar-refractivity contribution in [2.24, 2.45) is 5.92 Å². The quantitative estimate of drug-likeness (QED) is 0.171. The maximum atomic E-state index is 4.38. The molecule has 2 atom stereocenters. The fourth-order valence-corrected chi connectivity index (χ4v) is 12.5. The normalized spacial score (nSPS) is 18.1. The smallest absolute Gasteiger partial charge is 0.0732 e. The van der Waals surface area contributed by atoms with E-state index in [2.05, 4.69) is 214 Å². The van der Waals surface area contributed by atoms with E-state index in [1.165, 1.54) is 112 Å². The Bertz CT molecular complexity index is 3240. The second-order valence-corrected chi connectivity index (χ2v) is 17.6. The lowest BCUT2D eigenvalue weighted by Gasteiger charge is -2.35. The van der Waals surface area contributed by atoms with Gasteiger partial charge in [-0.15, -0.1) is 0 Å². The van der Waals surface area contributed by atoms with Gasteiger partial charge in [0, 0.05) is 24.0 Å². The molecule has 13 rings (SSSR count). The fraction of sp³-hybridized carbons (Fsp3) is 0.129. The van der Waals surface area contributed by atoms with Gasteiger partial charge in [0.2, 0.25) is 0 Å². The van der Waals surface area contributed by atoms with Gasteiger partial charge in [-0.05, 0) is 131 Å². The molecule has 0 fully saturated rings. The summed E-state index contributed by atoms with van der Waals surface area (Å²) < 4.78 is 0. The van der Waals surface area contributed by atoms with Gasteiger partial charge in [0.1, 0.15) is 0 Å². The largest absolute Gasteiger partial charge is 0.344 e. The number of anilines is 2. The number of allylic oxidation sites excluding steroid dienone is 4. The third kappa shape index (κ3) is 4.72. The molecule has 8 aromatic rings. The van der Waals surface area contributed by atoms with E-state index < -0.39 is 5.41 Å². The summed E-state index contributed by atoms with van der Waals surface area (Å²) in [6.45, 7) is 10.7. The number of fused-ring (bicyclic) bond motifs is 20. The predicted molar refractivity (Wildman–Crippen MR) is 266 cm³/mol. The van der Waals surface area contributed by atoms with Crippen molar-refractivity contribution in [1.29, 1.82) is 0 Å². The van der Waals surface area contributed by atoms with E-state index in [1.807, 2.05) is 19.9 Å². The zero-order valence-corrected chi connectivity index (χ0v) is 36.4. The van der Waals surface area contributed by atoms with Crippen molar-refractivity contribution in [2.45, 2.75) is 38.0 Å². The number of hydrogen-bond acceptors (Lipinski definition) is 1. The minimum Gasteiger partial charge on any atom is -0.344 e. The van der Waals surface area contributed by atoms with E-state index in [9.17, 15) is 0 Å². The van der Waals surface area contributed by atoms with E-state index in [4.69, 9.17) is 0 Å². The fourth-order valence-electron chi connectivity index (χ4n) is 12.5. The lowest BCUT2D eigenvalue weighted by molar-refractivity contribution is 0.711. The van der Waals surface area contributed by atoms with Crippen LogP contribution in [-0.4, -0.2) is 7.05 Å². The van der Waals surface area contributed by atoms with Crippen molar-refractivity contribution in [1.82, 2.24) is 0 Å². The molecule has 0 aliphatic heterocycles. The summed E-state index contributed by atoms with van der Waals surface area (Å²) in [5.74, 6) is 0.500. The molecule has 0 heterocycles. The Hall–Kier alpha value is -7.22. The molecule has 1 nitrogen and oxygen atoms in total. The molecule has 302 valence electrons. The van der Waals surface area contributed by atoms with Crippen LogP contribution < -0.4 is 4.90 Å². The minimum absolute atomic E-state index is 0.384. The first-order valence-corrected chi connectivity index (χ1v) is 22.8. The SMILES string of the molecule is C=Cc1ccccc1-c1c(N(C)c2ccc3c(c2)C2(C4=CCC(C)C=C4c4ccccc42)c2ccccc2-3)ccc2c1C1(c3ccccc3-c3ccccc31)c1ccccc1-2.CC. The van der Waals surface area contributed by atoms with Gasteiger partial charge >= 0.3 is 0 Å². The summed E-state index contributed by atoms with van der Waals surface area (Å²) in [7, 11) is 2.28. The van der Waals surface area contributed by atoms with Crippen LogP contribution in [0.15, 0.2) is 200 Å². The molecule has 0 bridgehead atoms. The molecule has 0 saturated heterocycles. The van der Waals surface area contributed by atoms with E-state index in [1.54, 1.807) is 0 Å². The molecule has 0 saturated carbocycles. The first kappa shape index (κ1) is 37.5. The molecule has 5 aliphatic carbocycles. The van der Waals surface area contributed by atoms with E-state index in [0.29, 0.717) is 5.92 Å². The number of nitrogens with zero attached hydrogens (tertiary/aromatic N) is 1. The Morgan fingerprint density at radius 1 is 0.508 bits per heavy atom. The molecule has 5 aliphatic rings. The topological polar surface area (TPSA) is 3.24 Å². The molecule has 63 heavy (non-hydrogen) atoms. The summed E-state index contributed by atoms with van der Waals surface area (Å²) in [5.41, 5.74) is 26.6. The second kappa shape index (κ2) is 13.9. The number of benzene rings is 8. The van der Waals surface area contributed by atoms with Gasteiger partial charge in [0.15, 0.2) is 0 Å². The van der Waals surface area contributed by atoms with Crippen molar-refractivity contribution in [2.75, 3.05) is 11.9 Å². The summed E-state index contributed by atoms with van der Waals surface area (Å²) in [6.07, 6.45) is 8.16. The highest BCUT2D eigenvalue weighted by Gasteiger charge is 2.55. The van der Waals surface area contributed by atoms with Crippen molar-refractivity contribution in [3.63, 3.8) is 0 Å². The highest BCUT2D eigenvalue weighted by Crippen LogP contribution is 2.67. The van der Waals surface area contributed by atoms with Crippen molar-refractivity contribution in [3.8, 4) is 44.5 Å². The van der Waals surface area contributed by atoms with Gasteiger partial charge in [-0.3, -0.25) is 0 Å². The average Bonchev–Trinajstić information content (AvgIpc) is 4.02. The summed E-state index contributed by atoms with van der Waals surface area (Å²) in [5, 5.41) is 0. The maximum absolute atomic E-state index is 4.38. The van der Waals surface area contributed by atoms with Gasteiger partial charge in [-0.2, -0.15) is 0 Å². The Morgan fingerprint density at radius 3 is 1.56 bits per heavy atom. The summed E-state index contributed by atoms with van der Waals surface area (Å²) in [4.78, 5) is 2.46. The van der Waals surface area contributed by atoms with Gasteiger partial charge in [-0.1, -0.05) is 203 Å². The third-order valence-corrected chi connectivity index (χ3v) is 14.8. The van der Waals surface area contributed by atoms with Crippen LogP contribution in [0.2, 0.25) is 0 Å². The zero-order valence-electron chi connectivity index (χ0n) is 36.4. The van der Waals surface area contributed by atoms with Crippen LogP contribution in [-0.2, 0) is 10.8 Å². The monoisotopic (exact) mass is 807 g/mol. The second-order valence-electron chi connectivity index (χ2n) is 17.6. The van der Waals surface area contributed by atoms with Crippen LogP contribution in [0, 0.1) is 5.92 Å². The molecule has 0 radical (unpaired) electrons. The first-order valence-electron chi connectivity index (χ1n) is 22.8. The molecule has 2 spiro atoms. The Balaban J connectivity index is 0.00000208. The molecule has 0 amide bonds. The Kier molecular flexibility index (Phi) is 8.28. The highest BCUT2D eigenvalue weighted by molar-refractivity contribution is 6.04. The molecule has 0 N–H and O–H groups in total. The summed E-state index contributed by atoms with van der Waals surface area (Å²) in [6, 6.07) is 66.6. The van der Waals surface area contributed by atoms with Gasteiger partial charge in [0.25, 0.3) is 0 Å². The molecule has 8 aromatic carbocycles. The lowest BCUT2D eigenvalue weighted by atomic mass is 9.68. The van der Waals surface area contributed by atoms with Crippen LogP contribution in [0.3, 0.4) is 0 Å². The molecular formula is C62H49N. The van der Waals surface area contributed by atoms with Crippen LogP contribution in [0.5, 0.6) is 0 Å². The van der Waals surface area contributed by atoms with Crippen molar-refractivity contribution >= 4 is 23.0 Å². The van der Waals surface area contributed by atoms with Crippen LogP contribution in [0.4, 0.5) is 11.4 Å². The zero-order chi connectivity index (χ0) is 42.6. The predicted octanol–water partition coefficient (Wildman–Crippen LogP) is 15.8. The Labute approximate surface area is 372 Å². The maximum Gasteiger partial charge on any atom is 0.0732 e. The standard InChI is InChI=1S/C60H43N.C2H6/c1-4-38-17-5-6-18-40(38)57-56(34-32-47-44-22-10-16-28-53(44)60(58(47)57)51-26-14-8-19-41(51)42-20-9-15-27-52(42)60)61(3)39-30-31-46-43-21-7-12-24-49(43)59(55(46)36-39)50-25-13-11-23-45(50)48-35-37(2)29-33-54(48)59;1-2/h4-28,30-37H,1,29H2,2-3H3;1-2H3. The number of rotatable bonds is 4. The average molecular weight is 808 g/mol. The Morgan fingerprint density at radius 2 is 0.968 bits per heavy atom. The summed E-state index contributed by atoms with van der Waals surface area (Å²) >= 11 is 0. The van der Waals surface area contributed by atoms with Gasteiger partial charge in [0.05, 0.1) is 10.8 Å². The van der Waals surface area contributed by atoms with E-state index >= 15 is 0 Å². The van der Waals surface area contributed by atoms with Crippen LogP contribution >= 0.6 is 0 Å². The van der Waals surface area contributed by atoms with Crippen LogP contribution in [0.25, 0.3) is 56.2 Å². The van der Waals surface area contributed by atoms with Crippen molar-refractivity contribution < 1.29 is 0 Å². The molecule has 2 unspecified atom stereocenters. The number of hydrogen-bond donors (Lipinski definition) is 0. The van der Waals surface area contributed by atoms with E-state index in [0.717, 1.165) is 12.0 Å². The molecular weight excluding hydrogens is 759 g/mol. The van der Waals surface area contributed by atoms with Gasteiger partial charge in [-0.25, -0.2) is 0 Å². The van der Waals surface area contributed by atoms with Gasteiger partial charge < -0.3 is 4.90 Å². The third-order valence-electron chi connectivity index (χ3n) is 14.8.